The van der Waals surface area contributed by atoms with Gasteiger partial charge in [-0.25, -0.2) is 9.36 Å². The van der Waals surface area contributed by atoms with E-state index in [1.807, 2.05) is 12.5 Å². The monoisotopic (exact) mass is 235 g/mol. The Morgan fingerprint density at radius 1 is 1.31 bits per heavy atom. The molecule has 0 aliphatic heterocycles. The highest BCUT2D eigenvalue weighted by Gasteiger charge is 2.17. The Bertz CT molecular complexity index is 457. The van der Waals surface area contributed by atoms with E-state index >= 15 is 0 Å². The molecule has 0 amide bonds. The van der Waals surface area contributed by atoms with E-state index in [2.05, 4.69) is 47.0 Å². The number of rotatable bonds is 3. The lowest BCUT2D eigenvalue weighted by atomic mass is 10.1. The third-order valence-electron chi connectivity index (χ3n) is 2.92. The lowest BCUT2D eigenvalue weighted by molar-refractivity contribution is 0.588. The maximum absolute atomic E-state index is 4.41. The highest BCUT2D eigenvalue weighted by Crippen LogP contribution is 2.26. The number of hydrogen-bond acceptors (Lipinski definition) is 3. The Balaban J connectivity index is 2.41. The second kappa shape index (κ2) is 4.37. The molecule has 2 rings (SSSR count). The average molecular weight is 235 g/mol. The number of hydrogen-bond donors (Lipinski definition) is 0. The highest BCUT2D eigenvalue weighted by molar-refractivity contribution is 7.03. The van der Waals surface area contributed by atoms with Gasteiger partial charge in [0.05, 0.1) is 18.1 Å². The van der Waals surface area contributed by atoms with Crippen LogP contribution in [0.25, 0.3) is 0 Å². The molecule has 0 bridgehead atoms. The van der Waals surface area contributed by atoms with Crippen molar-refractivity contribution in [1.82, 2.24) is 13.9 Å². The van der Waals surface area contributed by atoms with Crippen molar-refractivity contribution in [3.8, 4) is 0 Å². The van der Waals surface area contributed by atoms with E-state index in [1.165, 1.54) is 22.8 Å². The summed E-state index contributed by atoms with van der Waals surface area (Å²) >= 11 is 1.50. The fourth-order valence-corrected chi connectivity index (χ4v) is 2.69. The third-order valence-corrected chi connectivity index (χ3v) is 3.53. The highest BCUT2D eigenvalue weighted by atomic mass is 32.1. The molecule has 0 aliphatic rings. The SMILES string of the molecule is Cc1ncn(C(C)c2cnsc2)c1C(C)C. The van der Waals surface area contributed by atoms with Gasteiger partial charge in [-0.05, 0) is 31.3 Å². The number of aromatic nitrogens is 3. The topological polar surface area (TPSA) is 30.7 Å². The molecule has 86 valence electrons. The Hall–Kier alpha value is -1.16. The summed E-state index contributed by atoms with van der Waals surface area (Å²) in [5, 5.41) is 2.10. The first-order chi connectivity index (χ1) is 7.61. The van der Waals surface area contributed by atoms with Gasteiger partial charge in [-0.15, -0.1) is 0 Å². The zero-order valence-electron chi connectivity index (χ0n) is 10.1. The van der Waals surface area contributed by atoms with Gasteiger partial charge in [-0.2, -0.15) is 0 Å². The summed E-state index contributed by atoms with van der Waals surface area (Å²) in [6.07, 6.45) is 3.88. The second-order valence-corrected chi connectivity index (χ2v) is 5.07. The van der Waals surface area contributed by atoms with E-state index in [0.717, 1.165) is 5.69 Å². The van der Waals surface area contributed by atoms with E-state index in [-0.39, 0.29) is 0 Å². The number of nitrogens with zero attached hydrogens (tertiary/aromatic N) is 3. The largest absolute Gasteiger partial charge is 0.327 e. The molecule has 2 aromatic rings. The van der Waals surface area contributed by atoms with E-state index in [1.54, 1.807) is 0 Å². The molecule has 3 nitrogen and oxygen atoms in total. The summed E-state index contributed by atoms with van der Waals surface area (Å²) in [7, 11) is 0. The van der Waals surface area contributed by atoms with E-state index in [4.69, 9.17) is 0 Å². The number of imidazole rings is 1. The Morgan fingerprint density at radius 2 is 2.06 bits per heavy atom. The van der Waals surface area contributed by atoms with Crippen LogP contribution in [0.3, 0.4) is 0 Å². The van der Waals surface area contributed by atoms with E-state index < -0.39 is 0 Å². The molecule has 0 aliphatic carbocycles. The van der Waals surface area contributed by atoms with Crippen LogP contribution in [-0.4, -0.2) is 13.9 Å². The Labute approximate surface area is 100 Å². The number of aryl methyl sites for hydroxylation is 1. The minimum atomic E-state index is 0.317. The van der Waals surface area contributed by atoms with Crippen LogP contribution in [0.4, 0.5) is 0 Å². The fraction of sp³-hybridized carbons (Fsp3) is 0.500. The summed E-state index contributed by atoms with van der Waals surface area (Å²) in [6.45, 7) is 8.68. The second-order valence-electron chi connectivity index (χ2n) is 4.41. The smallest absolute Gasteiger partial charge is 0.0957 e. The van der Waals surface area contributed by atoms with Gasteiger partial charge in [0.2, 0.25) is 0 Å². The predicted molar refractivity (Wildman–Crippen MR) is 67.0 cm³/mol. The van der Waals surface area contributed by atoms with Crippen molar-refractivity contribution in [2.75, 3.05) is 0 Å². The van der Waals surface area contributed by atoms with Crippen LogP contribution in [0, 0.1) is 6.92 Å². The minimum absolute atomic E-state index is 0.317. The molecule has 2 heterocycles. The molecule has 4 heteroatoms. The molecule has 16 heavy (non-hydrogen) atoms. The van der Waals surface area contributed by atoms with Crippen LogP contribution in [0.1, 0.15) is 49.7 Å². The van der Waals surface area contributed by atoms with E-state index in [0.29, 0.717) is 12.0 Å². The van der Waals surface area contributed by atoms with Crippen molar-refractivity contribution >= 4 is 11.5 Å². The summed E-state index contributed by atoms with van der Waals surface area (Å²) in [5.74, 6) is 0.497. The first kappa shape index (κ1) is 11.3. The molecule has 0 saturated carbocycles. The molecule has 0 aromatic carbocycles. The van der Waals surface area contributed by atoms with Crippen molar-refractivity contribution in [3.63, 3.8) is 0 Å². The first-order valence-corrected chi connectivity index (χ1v) is 6.37. The fourth-order valence-electron chi connectivity index (χ4n) is 2.07. The maximum Gasteiger partial charge on any atom is 0.0957 e. The van der Waals surface area contributed by atoms with Crippen LogP contribution < -0.4 is 0 Å². The minimum Gasteiger partial charge on any atom is -0.327 e. The van der Waals surface area contributed by atoms with Gasteiger partial charge in [-0.1, -0.05) is 13.8 Å². The summed E-state index contributed by atoms with van der Waals surface area (Å²) in [4.78, 5) is 4.41. The van der Waals surface area contributed by atoms with Gasteiger partial charge in [0.25, 0.3) is 0 Å². The first-order valence-electron chi connectivity index (χ1n) is 5.54. The van der Waals surface area contributed by atoms with Crippen molar-refractivity contribution in [2.45, 2.75) is 39.7 Å². The molecular weight excluding hydrogens is 218 g/mol. The molecule has 1 atom stereocenters. The summed E-state index contributed by atoms with van der Waals surface area (Å²) in [6, 6.07) is 0.317. The van der Waals surface area contributed by atoms with Gasteiger partial charge in [0, 0.05) is 22.8 Å². The maximum atomic E-state index is 4.41. The molecule has 0 spiro atoms. The molecule has 0 radical (unpaired) electrons. The Kier molecular flexibility index (Phi) is 3.10. The van der Waals surface area contributed by atoms with Crippen LogP contribution in [0.5, 0.6) is 0 Å². The third kappa shape index (κ3) is 1.89. The molecule has 0 fully saturated rings. The van der Waals surface area contributed by atoms with Crippen molar-refractivity contribution in [1.29, 1.82) is 0 Å². The lowest BCUT2D eigenvalue weighted by Gasteiger charge is -2.17. The van der Waals surface area contributed by atoms with Crippen molar-refractivity contribution < 1.29 is 0 Å². The van der Waals surface area contributed by atoms with Crippen molar-refractivity contribution in [3.05, 3.63) is 34.9 Å². The molecule has 0 saturated heterocycles. The van der Waals surface area contributed by atoms with Gasteiger partial charge < -0.3 is 4.57 Å². The molecule has 0 N–H and O–H groups in total. The van der Waals surface area contributed by atoms with Gasteiger partial charge >= 0.3 is 0 Å². The molecular formula is C12H17N3S. The quantitative estimate of drug-likeness (QED) is 0.816. The van der Waals surface area contributed by atoms with Crippen molar-refractivity contribution in [2.24, 2.45) is 0 Å². The van der Waals surface area contributed by atoms with Crippen LogP contribution in [0.15, 0.2) is 17.9 Å². The Morgan fingerprint density at radius 3 is 2.62 bits per heavy atom. The molecule has 1 unspecified atom stereocenters. The molecule has 2 aromatic heterocycles. The van der Waals surface area contributed by atoms with Gasteiger partial charge in [0.15, 0.2) is 0 Å². The van der Waals surface area contributed by atoms with Crippen LogP contribution in [-0.2, 0) is 0 Å². The average Bonchev–Trinajstić information content (AvgIpc) is 2.84. The van der Waals surface area contributed by atoms with E-state index in [9.17, 15) is 0 Å². The summed E-state index contributed by atoms with van der Waals surface area (Å²) in [5.41, 5.74) is 3.70. The summed E-state index contributed by atoms with van der Waals surface area (Å²) < 4.78 is 6.41. The van der Waals surface area contributed by atoms with Crippen LogP contribution in [0.2, 0.25) is 0 Å². The standard InChI is InChI=1S/C12H17N3S/c1-8(2)12-9(3)13-7-15(12)10(4)11-5-14-16-6-11/h5-8,10H,1-4H3. The van der Waals surface area contributed by atoms with Gasteiger partial charge in [0.1, 0.15) is 0 Å². The zero-order valence-corrected chi connectivity index (χ0v) is 11.0. The zero-order chi connectivity index (χ0) is 11.7. The normalized spacial score (nSPS) is 13.3. The lowest BCUT2D eigenvalue weighted by Crippen LogP contribution is -2.10. The van der Waals surface area contributed by atoms with Crippen LogP contribution >= 0.6 is 11.5 Å². The predicted octanol–water partition coefficient (Wildman–Crippen LogP) is 3.38. The van der Waals surface area contributed by atoms with Gasteiger partial charge in [-0.3, -0.25) is 0 Å².